The molecule has 2 N–H and O–H groups in total. The number of nitrogens with one attached hydrogen (secondary N) is 2. The molecular formula is C14H18N2O3S. The van der Waals surface area contributed by atoms with Gasteiger partial charge in [-0.15, -0.1) is 0 Å². The normalized spacial score (nSPS) is 21.2. The first-order valence-corrected chi connectivity index (χ1v) is 6.87. The number of carbonyl (C=O) groups excluding carboxylic acids is 1. The van der Waals surface area contributed by atoms with E-state index in [4.69, 9.17) is 21.7 Å². The van der Waals surface area contributed by atoms with E-state index in [1.54, 1.807) is 7.11 Å². The minimum Gasteiger partial charge on any atom is -0.497 e. The van der Waals surface area contributed by atoms with Gasteiger partial charge in [-0.05, 0) is 36.8 Å². The molecule has 0 unspecified atom stereocenters. The van der Waals surface area contributed by atoms with Crippen molar-refractivity contribution in [2.75, 3.05) is 7.11 Å². The molecule has 0 spiro atoms. The molecule has 1 saturated heterocycles. The first kappa shape index (κ1) is 14.6. The van der Waals surface area contributed by atoms with Crippen LogP contribution in [0.4, 0.5) is 0 Å². The van der Waals surface area contributed by atoms with Crippen LogP contribution in [0.15, 0.2) is 24.3 Å². The lowest BCUT2D eigenvalue weighted by molar-refractivity contribution is -0.142. The van der Waals surface area contributed by atoms with Gasteiger partial charge >= 0.3 is 5.97 Å². The van der Waals surface area contributed by atoms with Crippen molar-refractivity contribution in [2.24, 2.45) is 0 Å². The Kier molecular flexibility index (Phi) is 4.79. The summed E-state index contributed by atoms with van der Waals surface area (Å²) < 4.78 is 10.2. The molecule has 1 aliphatic rings. The zero-order valence-electron chi connectivity index (χ0n) is 11.5. The quantitative estimate of drug-likeness (QED) is 0.646. The van der Waals surface area contributed by atoms with Gasteiger partial charge in [0, 0.05) is 13.0 Å². The molecule has 1 aromatic carbocycles. The van der Waals surface area contributed by atoms with E-state index in [0.29, 0.717) is 18.1 Å². The lowest BCUT2D eigenvalue weighted by Crippen LogP contribution is -2.43. The van der Waals surface area contributed by atoms with Crippen LogP contribution >= 0.6 is 12.2 Å². The van der Waals surface area contributed by atoms with Gasteiger partial charge in [0.05, 0.1) is 7.11 Å². The summed E-state index contributed by atoms with van der Waals surface area (Å²) in [6, 6.07) is 7.36. The maximum Gasteiger partial charge on any atom is 0.329 e. The minimum atomic E-state index is -0.346. The molecule has 5 nitrogen and oxygen atoms in total. The van der Waals surface area contributed by atoms with E-state index in [9.17, 15) is 4.79 Å². The first-order valence-electron chi connectivity index (χ1n) is 6.46. The summed E-state index contributed by atoms with van der Waals surface area (Å²) in [5.41, 5.74) is 1.08. The third-order valence-electron chi connectivity index (χ3n) is 3.09. The van der Waals surface area contributed by atoms with Gasteiger partial charge < -0.3 is 20.1 Å². The number of ether oxygens (including phenoxy) is 2. The van der Waals surface area contributed by atoms with Crippen LogP contribution in [-0.2, 0) is 16.1 Å². The van der Waals surface area contributed by atoms with Gasteiger partial charge in [0.15, 0.2) is 5.11 Å². The Labute approximate surface area is 123 Å². The Morgan fingerprint density at radius 1 is 1.45 bits per heavy atom. The Hall–Kier alpha value is -1.82. The zero-order chi connectivity index (χ0) is 14.5. The predicted octanol–water partition coefficient (Wildman–Crippen LogP) is 1.36. The average Bonchev–Trinajstić information content (AvgIpc) is 2.75. The summed E-state index contributed by atoms with van der Waals surface area (Å²) in [6.45, 7) is 2.46. The van der Waals surface area contributed by atoms with Crippen molar-refractivity contribution in [3.63, 3.8) is 0 Å². The molecule has 0 saturated carbocycles. The second-order valence-electron chi connectivity index (χ2n) is 4.71. The third kappa shape index (κ3) is 3.84. The van der Waals surface area contributed by atoms with Crippen molar-refractivity contribution < 1.29 is 14.3 Å². The van der Waals surface area contributed by atoms with E-state index in [0.717, 1.165) is 11.3 Å². The number of rotatable bonds is 4. The molecule has 1 aromatic rings. The standard InChI is InChI=1S/C14H18N2O3S/c1-9-7-12(13(17)19-9)16-14(20)15-8-10-3-5-11(18-2)6-4-10/h3-6,9,12H,7-8H2,1-2H3,(H2,15,16,20)/t9-,12-/m1/s1. The Morgan fingerprint density at radius 3 is 2.70 bits per heavy atom. The maximum absolute atomic E-state index is 11.5. The highest BCUT2D eigenvalue weighted by Gasteiger charge is 2.32. The fourth-order valence-corrected chi connectivity index (χ4v) is 2.22. The van der Waals surface area contributed by atoms with Crippen LogP contribution < -0.4 is 15.4 Å². The molecular weight excluding hydrogens is 276 g/mol. The second kappa shape index (κ2) is 6.56. The number of benzene rings is 1. The van der Waals surface area contributed by atoms with Crippen LogP contribution in [0.1, 0.15) is 18.9 Å². The molecule has 0 radical (unpaired) electrons. The lowest BCUT2D eigenvalue weighted by atomic mass is 10.2. The summed E-state index contributed by atoms with van der Waals surface area (Å²) in [4.78, 5) is 11.5. The van der Waals surface area contributed by atoms with E-state index in [1.807, 2.05) is 31.2 Å². The highest BCUT2D eigenvalue weighted by molar-refractivity contribution is 7.80. The van der Waals surface area contributed by atoms with Gasteiger partial charge in [-0.25, -0.2) is 4.79 Å². The van der Waals surface area contributed by atoms with Crippen molar-refractivity contribution >= 4 is 23.3 Å². The monoisotopic (exact) mass is 294 g/mol. The topological polar surface area (TPSA) is 59.6 Å². The molecule has 6 heteroatoms. The summed E-state index contributed by atoms with van der Waals surface area (Å²) in [7, 11) is 1.63. The smallest absolute Gasteiger partial charge is 0.329 e. The highest BCUT2D eigenvalue weighted by atomic mass is 32.1. The molecule has 2 atom stereocenters. The molecule has 0 aliphatic carbocycles. The molecule has 1 heterocycles. The van der Waals surface area contributed by atoms with Gasteiger partial charge in [-0.3, -0.25) is 0 Å². The number of cyclic esters (lactones) is 1. The van der Waals surface area contributed by atoms with E-state index >= 15 is 0 Å². The van der Waals surface area contributed by atoms with Gasteiger partial charge in [-0.1, -0.05) is 12.1 Å². The van der Waals surface area contributed by atoms with Crippen LogP contribution in [0, 0.1) is 0 Å². The van der Waals surface area contributed by atoms with Gasteiger partial charge in [0.2, 0.25) is 0 Å². The number of thiocarbonyl (C=S) groups is 1. The largest absolute Gasteiger partial charge is 0.497 e. The SMILES string of the molecule is COc1ccc(CNC(=S)N[C@@H]2C[C@@H](C)OC2=O)cc1. The number of carbonyl (C=O) groups is 1. The van der Waals surface area contributed by atoms with Crippen LogP contribution in [-0.4, -0.2) is 30.3 Å². The van der Waals surface area contributed by atoms with Crippen LogP contribution in [0.3, 0.4) is 0 Å². The van der Waals surface area contributed by atoms with Gasteiger partial charge in [0.1, 0.15) is 17.9 Å². The zero-order valence-corrected chi connectivity index (χ0v) is 12.3. The molecule has 2 rings (SSSR count). The van der Waals surface area contributed by atoms with E-state index in [-0.39, 0.29) is 18.1 Å². The predicted molar refractivity (Wildman–Crippen MR) is 79.5 cm³/mol. The van der Waals surface area contributed by atoms with Crippen LogP contribution in [0.5, 0.6) is 5.75 Å². The van der Waals surface area contributed by atoms with Crippen molar-refractivity contribution in [3.05, 3.63) is 29.8 Å². The molecule has 1 aliphatic heterocycles. The van der Waals surface area contributed by atoms with Crippen molar-refractivity contribution in [2.45, 2.75) is 32.0 Å². The van der Waals surface area contributed by atoms with Crippen molar-refractivity contribution in [1.29, 1.82) is 0 Å². The molecule has 108 valence electrons. The van der Waals surface area contributed by atoms with Gasteiger partial charge in [0.25, 0.3) is 0 Å². The van der Waals surface area contributed by atoms with E-state index in [1.165, 1.54) is 0 Å². The average molecular weight is 294 g/mol. The van der Waals surface area contributed by atoms with Crippen LogP contribution in [0.25, 0.3) is 0 Å². The third-order valence-corrected chi connectivity index (χ3v) is 3.35. The van der Waals surface area contributed by atoms with Crippen LogP contribution in [0.2, 0.25) is 0 Å². The Morgan fingerprint density at radius 2 is 2.15 bits per heavy atom. The maximum atomic E-state index is 11.5. The van der Waals surface area contributed by atoms with E-state index < -0.39 is 0 Å². The first-order chi connectivity index (χ1) is 9.58. The second-order valence-corrected chi connectivity index (χ2v) is 5.12. The number of hydrogen-bond acceptors (Lipinski definition) is 4. The summed E-state index contributed by atoms with van der Waals surface area (Å²) in [5, 5.41) is 6.50. The molecule has 0 aromatic heterocycles. The summed E-state index contributed by atoms with van der Waals surface area (Å²) >= 11 is 5.18. The summed E-state index contributed by atoms with van der Waals surface area (Å²) in [5.74, 6) is 0.572. The Balaban J connectivity index is 1.78. The van der Waals surface area contributed by atoms with Crippen molar-refractivity contribution in [1.82, 2.24) is 10.6 Å². The van der Waals surface area contributed by atoms with Gasteiger partial charge in [-0.2, -0.15) is 0 Å². The fraction of sp³-hybridized carbons (Fsp3) is 0.429. The van der Waals surface area contributed by atoms with Crippen molar-refractivity contribution in [3.8, 4) is 5.75 Å². The summed E-state index contributed by atoms with van der Waals surface area (Å²) in [6.07, 6.45) is 0.591. The number of hydrogen-bond donors (Lipinski definition) is 2. The number of methoxy groups -OCH3 is 1. The lowest BCUT2D eigenvalue weighted by Gasteiger charge is -2.13. The minimum absolute atomic E-state index is 0.0515. The molecule has 1 fully saturated rings. The fourth-order valence-electron chi connectivity index (χ4n) is 2.01. The number of esters is 1. The molecule has 0 amide bonds. The molecule has 0 bridgehead atoms. The Bertz CT molecular complexity index is 490. The van der Waals surface area contributed by atoms with E-state index in [2.05, 4.69) is 10.6 Å². The molecule has 20 heavy (non-hydrogen) atoms. The highest BCUT2D eigenvalue weighted by Crippen LogP contribution is 2.14.